The molecule has 0 unspecified atom stereocenters. The van der Waals surface area contributed by atoms with Crippen molar-refractivity contribution in [3.05, 3.63) is 313 Å². The van der Waals surface area contributed by atoms with E-state index in [2.05, 4.69) is 301 Å². The average molecular weight is 929 g/mol. The van der Waals surface area contributed by atoms with Crippen molar-refractivity contribution in [1.29, 1.82) is 0 Å². The molecular weight excluding hydrogens is 881 g/mol. The summed E-state index contributed by atoms with van der Waals surface area (Å²) in [7, 11) is 0. The fourth-order valence-corrected chi connectivity index (χ4v) is 12.2. The number of benzene rings is 12. The number of para-hydroxylation sites is 3. The molecule has 0 N–H and O–H groups in total. The van der Waals surface area contributed by atoms with Crippen LogP contribution in [-0.4, -0.2) is 0 Å². The van der Waals surface area contributed by atoms with Crippen LogP contribution in [0.25, 0.3) is 66.4 Å². The van der Waals surface area contributed by atoms with Crippen molar-refractivity contribution in [2.75, 3.05) is 9.80 Å². The second-order valence-electron chi connectivity index (χ2n) is 19.1. The van der Waals surface area contributed by atoms with Crippen LogP contribution in [-0.2, 0) is 5.41 Å². The van der Waals surface area contributed by atoms with Gasteiger partial charge in [-0.25, -0.2) is 0 Å². The highest BCUT2D eigenvalue weighted by Gasteiger charge is 2.51. The van der Waals surface area contributed by atoms with E-state index in [1.807, 2.05) is 0 Å². The van der Waals surface area contributed by atoms with Crippen LogP contribution in [0.1, 0.15) is 22.3 Å². The van der Waals surface area contributed by atoms with Gasteiger partial charge < -0.3 is 9.80 Å². The summed E-state index contributed by atoms with van der Waals surface area (Å²) >= 11 is 0. The highest BCUT2D eigenvalue weighted by molar-refractivity contribution is 6.05. The summed E-state index contributed by atoms with van der Waals surface area (Å²) in [5, 5.41) is 2.44. The van der Waals surface area contributed by atoms with Crippen LogP contribution in [0.4, 0.5) is 34.1 Å². The van der Waals surface area contributed by atoms with Gasteiger partial charge in [-0.15, -0.1) is 0 Å². The standard InChI is InChI=1S/C71H48N2/c1-4-20-49(21-5-1)59-26-15-19-35-70(59)73(53-24-8-3-9-25-53)55-42-38-51(39-43-55)58-47-46-57(60-27-10-11-28-61(58)60)50-36-40-54(41-37-50)72(52-22-6-2-7-23-52)56-44-45-65-64-31-14-18-34-68(64)71(69(65)48-56)66-32-16-12-29-62(66)63-30-13-17-33-67(63)71/h1-48H. The SMILES string of the molecule is c1ccc(-c2ccccc2N(c2ccccc2)c2ccc(-c3ccc(-c4ccc(N(c5ccccc5)c5ccc6c(c5)C5(c7ccccc7-c7ccccc75)c5ccccc5-6)cc4)c4ccccc34)cc2)cc1. The summed E-state index contributed by atoms with van der Waals surface area (Å²) in [6.45, 7) is 0. The van der Waals surface area contributed by atoms with E-state index in [4.69, 9.17) is 0 Å². The molecule has 2 aliphatic carbocycles. The Morgan fingerprint density at radius 1 is 0.205 bits per heavy atom. The Hall–Kier alpha value is -9.50. The van der Waals surface area contributed by atoms with Gasteiger partial charge in [0, 0.05) is 34.0 Å². The Balaban J connectivity index is 0.833. The van der Waals surface area contributed by atoms with Crippen molar-refractivity contribution in [2.24, 2.45) is 0 Å². The lowest BCUT2D eigenvalue weighted by molar-refractivity contribution is 0.793. The maximum Gasteiger partial charge on any atom is 0.0726 e. The summed E-state index contributed by atoms with van der Waals surface area (Å²) in [6, 6.07) is 107. The molecule has 0 bridgehead atoms. The molecule has 2 heteroatoms. The van der Waals surface area contributed by atoms with E-state index in [-0.39, 0.29) is 0 Å². The molecule has 0 fully saturated rings. The molecule has 0 amide bonds. The minimum atomic E-state index is -0.423. The molecule has 0 aliphatic heterocycles. The molecule has 0 heterocycles. The summed E-state index contributed by atoms with van der Waals surface area (Å²) in [4.78, 5) is 4.78. The molecule has 1 spiro atoms. The highest BCUT2D eigenvalue weighted by atomic mass is 15.1. The quantitative estimate of drug-likeness (QED) is 0.142. The van der Waals surface area contributed by atoms with Crippen molar-refractivity contribution in [2.45, 2.75) is 5.41 Å². The zero-order chi connectivity index (χ0) is 48.3. The van der Waals surface area contributed by atoms with Crippen molar-refractivity contribution in [3.63, 3.8) is 0 Å². The molecule has 0 radical (unpaired) electrons. The van der Waals surface area contributed by atoms with Crippen LogP contribution in [0.15, 0.2) is 291 Å². The van der Waals surface area contributed by atoms with Crippen molar-refractivity contribution < 1.29 is 0 Å². The van der Waals surface area contributed by atoms with Gasteiger partial charge in [-0.2, -0.15) is 0 Å². The van der Waals surface area contributed by atoms with E-state index < -0.39 is 5.41 Å². The molecule has 2 nitrogen and oxygen atoms in total. The Morgan fingerprint density at radius 3 is 1.07 bits per heavy atom. The molecule has 12 aromatic carbocycles. The van der Waals surface area contributed by atoms with Gasteiger partial charge in [0.1, 0.15) is 0 Å². The Kier molecular flexibility index (Phi) is 10.1. The zero-order valence-corrected chi connectivity index (χ0v) is 40.1. The number of anilines is 6. The number of hydrogen-bond donors (Lipinski definition) is 0. The average Bonchev–Trinajstić information content (AvgIpc) is 3.94. The Bertz CT molecular complexity index is 3950. The second-order valence-corrected chi connectivity index (χ2v) is 19.1. The van der Waals surface area contributed by atoms with Crippen molar-refractivity contribution >= 4 is 44.9 Å². The maximum absolute atomic E-state index is 2.47. The van der Waals surface area contributed by atoms with Crippen LogP contribution in [0.3, 0.4) is 0 Å². The maximum atomic E-state index is 2.47. The predicted molar refractivity (Wildman–Crippen MR) is 306 cm³/mol. The van der Waals surface area contributed by atoms with Gasteiger partial charge in [0.25, 0.3) is 0 Å². The normalized spacial score (nSPS) is 12.5. The second kappa shape index (κ2) is 17.4. The van der Waals surface area contributed by atoms with E-state index >= 15 is 0 Å². The van der Waals surface area contributed by atoms with Gasteiger partial charge in [0.15, 0.2) is 0 Å². The van der Waals surface area contributed by atoms with E-state index in [1.165, 1.54) is 88.7 Å². The molecule has 2 aliphatic rings. The predicted octanol–water partition coefficient (Wildman–Crippen LogP) is 19.1. The number of nitrogens with zero attached hydrogens (tertiary/aromatic N) is 2. The minimum absolute atomic E-state index is 0.423. The number of hydrogen-bond acceptors (Lipinski definition) is 2. The number of rotatable bonds is 9. The zero-order valence-electron chi connectivity index (χ0n) is 40.1. The van der Waals surface area contributed by atoms with Gasteiger partial charge in [0.05, 0.1) is 11.1 Å². The molecule has 0 aromatic heterocycles. The first-order chi connectivity index (χ1) is 36.2. The van der Waals surface area contributed by atoms with Crippen molar-refractivity contribution in [3.8, 4) is 55.6 Å². The van der Waals surface area contributed by atoms with E-state index in [9.17, 15) is 0 Å². The first-order valence-corrected chi connectivity index (χ1v) is 25.3. The summed E-state index contributed by atoms with van der Waals surface area (Å²) in [6.07, 6.45) is 0. The van der Waals surface area contributed by atoms with Crippen LogP contribution in [0, 0.1) is 0 Å². The lowest BCUT2D eigenvalue weighted by Crippen LogP contribution is -2.26. The largest absolute Gasteiger partial charge is 0.310 e. The summed E-state index contributed by atoms with van der Waals surface area (Å²) in [5.41, 5.74) is 24.0. The van der Waals surface area contributed by atoms with Gasteiger partial charge in [-0.05, 0) is 150 Å². The Morgan fingerprint density at radius 2 is 0.548 bits per heavy atom. The van der Waals surface area contributed by atoms with Gasteiger partial charge in [-0.1, -0.05) is 224 Å². The van der Waals surface area contributed by atoms with Crippen LogP contribution >= 0.6 is 0 Å². The molecule has 12 aromatic rings. The first-order valence-electron chi connectivity index (χ1n) is 25.3. The van der Waals surface area contributed by atoms with E-state index in [1.54, 1.807) is 0 Å². The van der Waals surface area contributed by atoms with Crippen molar-refractivity contribution in [1.82, 2.24) is 0 Å². The highest BCUT2D eigenvalue weighted by Crippen LogP contribution is 2.63. The molecular formula is C71H48N2. The molecule has 0 saturated carbocycles. The third-order valence-electron chi connectivity index (χ3n) is 15.3. The first kappa shape index (κ1) is 42.4. The van der Waals surface area contributed by atoms with E-state index in [0.29, 0.717) is 0 Å². The fourth-order valence-electron chi connectivity index (χ4n) is 12.2. The molecule has 73 heavy (non-hydrogen) atoms. The van der Waals surface area contributed by atoms with E-state index in [0.717, 1.165) is 34.1 Å². The topological polar surface area (TPSA) is 6.48 Å². The Labute approximate surface area is 427 Å². The molecule has 0 atom stereocenters. The lowest BCUT2D eigenvalue weighted by atomic mass is 9.70. The molecule has 342 valence electrons. The monoisotopic (exact) mass is 928 g/mol. The summed E-state index contributed by atoms with van der Waals surface area (Å²) in [5.74, 6) is 0. The third kappa shape index (κ3) is 6.79. The smallest absolute Gasteiger partial charge is 0.0726 e. The summed E-state index contributed by atoms with van der Waals surface area (Å²) < 4.78 is 0. The van der Waals surface area contributed by atoms with Crippen LogP contribution in [0.2, 0.25) is 0 Å². The minimum Gasteiger partial charge on any atom is -0.310 e. The van der Waals surface area contributed by atoms with Crippen LogP contribution < -0.4 is 9.80 Å². The van der Waals surface area contributed by atoms with Gasteiger partial charge in [-0.3, -0.25) is 0 Å². The molecule has 14 rings (SSSR count). The van der Waals surface area contributed by atoms with Gasteiger partial charge in [0.2, 0.25) is 0 Å². The fraction of sp³-hybridized carbons (Fsp3) is 0.0141. The van der Waals surface area contributed by atoms with Gasteiger partial charge >= 0.3 is 0 Å². The van der Waals surface area contributed by atoms with Crippen LogP contribution in [0.5, 0.6) is 0 Å². The third-order valence-corrected chi connectivity index (χ3v) is 15.3. The lowest BCUT2D eigenvalue weighted by Gasteiger charge is -2.32. The molecule has 0 saturated heterocycles. The number of fused-ring (bicyclic) bond motifs is 11.